The Bertz CT molecular complexity index is 690. The molecule has 112 valence electrons. The van der Waals surface area contributed by atoms with Crippen LogP contribution in [0.1, 0.15) is 11.1 Å². The average molecular weight is 306 g/mol. The zero-order chi connectivity index (χ0) is 16.3. The Hall–Kier alpha value is -3.16. The number of nitro benzene ring substituents is 2. The van der Waals surface area contributed by atoms with Gasteiger partial charge in [-0.05, 0) is 24.3 Å². The van der Waals surface area contributed by atoms with Crippen LogP contribution in [-0.2, 0) is 0 Å². The lowest BCUT2D eigenvalue weighted by molar-refractivity contribution is -0.385. The Labute approximate surface area is 122 Å². The predicted octanol–water partition coefficient (Wildman–Crippen LogP) is 4.27. The minimum atomic E-state index is -1.20. The lowest BCUT2D eigenvalue weighted by atomic mass is 10.1. The molecule has 0 fully saturated rings. The van der Waals surface area contributed by atoms with Crippen LogP contribution in [0.15, 0.2) is 48.5 Å². The van der Waals surface area contributed by atoms with E-state index in [0.29, 0.717) is 0 Å². The number of hydrogen-bond acceptors (Lipinski definition) is 4. The highest BCUT2D eigenvalue weighted by Gasteiger charge is 2.14. The quantitative estimate of drug-likeness (QED) is 0.479. The van der Waals surface area contributed by atoms with Crippen molar-refractivity contribution >= 4 is 23.0 Å². The van der Waals surface area contributed by atoms with Crippen molar-refractivity contribution in [2.75, 3.05) is 0 Å². The monoisotopic (exact) mass is 306 g/mol. The highest BCUT2D eigenvalue weighted by molar-refractivity contribution is 5.83. The molecule has 0 aliphatic carbocycles. The van der Waals surface area contributed by atoms with Crippen molar-refractivity contribution in [1.82, 2.24) is 0 Å². The Kier molecular flexibility index (Phi) is 4.21. The molecule has 2 aromatic rings. The van der Waals surface area contributed by atoms with E-state index >= 15 is 0 Å². The number of nitrogens with zero attached hydrogens (tertiary/aromatic N) is 2. The van der Waals surface area contributed by atoms with Gasteiger partial charge in [-0.15, -0.1) is 0 Å². The standard InChI is InChI=1S/C14H8F2N2O4/c15-13(9-1-5-11(6-2-9)17(19)20)14(16)10-3-7-12(8-4-10)18(21)22/h1-8H/b14-13+. The van der Waals surface area contributed by atoms with Gasteiger partial charge in [-0.1, -0.05) is 0 Å². The van der Waals surface area contributed by atoms with E-state index in [1.165, 1.54) is 0 Å². The summed E-state index contributed by atoms with van der Waals surface area (Å²) in [6, 6.07) is 8.54. The number of benzene rings is 2. The Balaban J connectivity index is 2.35. The van der Waals surface area contributed by atoms with Gasteiger partial charge in [-0.2, -0.15) is 0 Å². The fraction of sp³-hybridized carbons (Fsp3) is 0. The van der Waals surface area contributed by atoms with Gasteiger partial charge in [0, 0.05) is 35.4 Å². The molecule has 0 unspecified atom stereocenters. The smallest absolute Gasteiger partial charge is 0.258 e. The first-order chi connectivity index (χ1) is 10.4. The fourth-order valence-corrected chi connectivity index (χ4v) is 1.71. The molecule has 0 heterocycles. The van der Waals surface area contributed by atoms with E-state index in [9.17, 15) is 29.0 Å². The van der Waals surface area contributed by atoms with E-state index in [1.54, 1.807) is 0 Å². The summed E-state index contributed by atoms with van der Waals surface area (Å²) in [4.78, 5) is 19.7. The number of halogens is 2. The molecule has 0 N–H and O–H groups in total. The molecule has 0 aliphatic rings. The summed E-state index contributed by atoms with van der Waals surface area (Å²) in [6.45, 7) is 0. The second-order valence-corrected chi connectivity index (χ2v) is 4.24. The van der Waals surface area contributed by atoms with Gasteiger partial charge < -0.3 is 0 Å². The van der Waals surface area contributed by atoms with Gasteiger partial charge in [0.15, 0.2) is 11.7 Å². The topological polar surface area (TPSA) is 86.3 Å². The second-order valence-electron chi connectivity index (χ2n) is 4.24. The zero-order valence-electron chi connectivity index (χ0n) is 10.9. The molecule has 0 spiro atoms. The van der Waals surface area contributed by atoms with Gasteiger partial charge in [0.2, 0.25) is 0 Å². The molecule has 0 aromatic heterocycles. The van der Waals surface area contributed by atoms with E-state index in [-0.39, 0.29) is 22.5 Å². The number of nitro groups is 2. The van der Waals surface area contributed by atoms with Crippen molar-refractivity contribution in [3.05, 3.63) is 79.9 Å². The van der Waals surface area contributed by atoms with Crippen LogP contribution in [0.4, 0.5) is 20.2 Å². The maximum Gasteiger partial charge on any atom is 0.269 e. The first kappa shape index (κ1) is 15.2. The normalized spacial score (nSPS) is 11.7. The van der Waals surface area contributed by atoms with Crippen LogP contribution in [0.5, 0.6) is 0 Å². The summed E-state index contributed by atoms with van der Waals surface area (Å²) in [5, 5.41) is 21.0. The van der Waals surface area contributed by atoms with Crippen LogP contribution in [0.25, 0.3) is 11.7 Å². The van der Waals surface area contributed by atoms with Crippen LogP contribution < -0.4 is 0 Å². The molecule has 0 atom stereocenters. The van der Waals surface area contributed by atoms with E-state index in [0.717, 1.165) is 48.5 Å². The minimum absolute atomic E-state index is 0.165. The van der Waals surface area contributed by atoms with Crippen LogP contribution in [0, 0.1) is 20.2 Å². The van der Waals surface area contributed by atoms with E-state index in [1.807, 2.05) is 0 Å². The van der Waals surface area contributed by atoms with Crippen LogP contribution in [0.2, 0.25) is 0 Å². The Morgan fingerprint density at radius 3 is 1.18 bits per heavy atom. The molecular weight excluding hydrogens is 298 g/mol. The molecule has 0 aliphatic heterocycles. The van der Waals surface area contributed by atoms with Crippen molar-refractivity contribution in [3.63, 3.8) is 0 Å². The predicted molar refractivity (Wildman–Crippen MR) is 75.2 cm³/mol. The van der Waals surface area contributed by atoms with Crippen LogP contribution >= 0.6 is 0 Å². The first-order valence-electron chi connectivity index (χ1n) is 5.95. The summed E-state index contributed by atoms with van der Waals surface area (Å²) in [5.41, 5.74) is -0.817. The second kappa shape index (κ2) is 6.08. The van der Waals surface area contributed by atoms with Crippen LogP contribution in [-0.4, -0.2) is 9.85 Å². The van der Waals surface area contributed by atoms with E-state index < -0.39 is 21.5 Å². The van der Waals surface area contributed by atoms with Crippen molar-refractivity contribution in [2.24, 2.45) is 0 Å². The lowest BCUT2D eigenvalue weighted by Gasteiger charge is -2.02. The molecule has 2 rings (SSSR count). The summed E-state index contributed by atoms with van der Waals surface area (Å²) in [7, 11) is 0. The highest BCUT2D eigenvalue weighted by Crippen LogP contribution is 2.30. The summed E-state index contributed by atoms with van der Waals surface area (Å²) in [6.07, 6.45) is 0. The largest absolute Gasteiger partial charge is 0.269 e. The Morgan fingerprint density at radius 2 is 0.955 bits per heavy atom. The van der Waals surface area contributed by atoms with Crippen molar-refractivity contribution in [1.29, 1.82) is 0 Å². The molecule has 2 aromatic carbocycles. The molecule has 8 heteroatoms. The third-order valence-electron chi connectivity index (χ3n) is 2.86. The highest BCUT2D eigenvalue weighted by atomic mass is 19.2. The maximum atomic E-state index is 14.0. The van der Waals surface area contributed by atoms with Gasteiger partial charge in [-0.3, -0.25) is 20.2 Å². The molecule has 0 radical (unpaired) electrons. The van der Waals surface area contributed by atoms with Gasteiger partial charge in [0.25, 0.3) is 11.4 Å². The number of hydrogen-bond donors (Lipinski definition) is 0. The van der Waals surface area contributed by atoms with Gasteiger partial charge in [0.05, 0.1) is 9.85 Å². The molecule has 6 nitrogen and oxygen atoms in total. The zero-order valence-corrected chi connectivity index (χ0v) is 10.9. The molecule has 0 saturated heterocycles. The Morgan fingerprint density at radius 1 is 0.682 bits per heavy atom. The third-order valence-corrected chi connectivity index (χ3v) is 2.86. The third kappa shape index (κ3) is 3.11. The summed E-state index contributed by atoms with van der Waals surface area (Å²) in [5.74, 6) is -2.41. The van der Waals surface area contributed by atoms with Crippen molar-refractivity contribution in [3.8, 4) is 0 Å². The van der Waals surface area contributed by atoms with E-state index in [4.69, 9.17) is 0 Å². The fourth-order valence-electron chi connectivity index (χ4n) is 1.71. The maximum absolute atomic E-state index is 14.0. The molecule has 0 bridgehead atoms. The molecule has 0 amide bonds. The van der Waals surface area contributed by atoms with Gasteiger partial charge in [0.1, 0.15) is 0 Å². The lowest BCUT2D eigenvalue weighted by Crippen LogP contribution is -1.90. The summed E-state index contributed by atoms with van der Waals surface area (Å²) >= 11 is 0. The summed E-state index contributed by atoms with van der Waals surface area (Å²) < 4.78 is 28.0. The van der Waals surface area contributed by atoms with Crippen LogP contribution in [0.3, 0.4) is 0 Å². The molecule has 22 heavy (non-hydrogen) atoms. The first-order valence-corrected chi connectivity index (χ1v) is 5.95. The van der Waals surface area contributed by atoms with Gasteiger partial charge in [-0.25, -0.2) is 8.78 Å². The molecular formula is C14H8F2N2O4. The average Bonchev–Trinajstić information content (AvgIpc) is 2.53. The SMILES string of the molecule is O=[N+]([O-])c1ccc(/C(F)=C(\F)c2ccc([N+](=O)[O-])cc2)cc1. The number of non-ortho nitro benzene ring substituents is 2. The molecule has 0 saturated carbocycles. The van der Waals surface area contributed by atoms with Crippen molar-refractivity contribution in [2.45, 2.75) is 0 Å². The van der Waals surface area contributed by atoms with Crippen molar-refractivity contribution < 1.29 is 18.6 Å². The van der Waals surface area contributed by atoms with Gasteiger partial charge >= 0.3 is 0 Å². The number of rotatable bonds is 4. The van der Waals surface area contributed by atoms with E-state index in [2.05, 4.69) is 0 Å². The minimum Gasteiger partial charge on any atom is -0.258 e.